The first-order valence-electron chi connectivity index (χ1n) is 5.55. The molecular formula is C11H21O4P. The summed E-state index contributed by atoms with van der Waals surface area (Å²) < 4.78 is 9.93. The molecule has 0 atom stereocenters. The lowest BCUT2D eigenvalue weighted by Crippen LogP contribution is -2.07. The van der Waals surface area contributed by atoms with Crippen LogP contribution < -0.4 is 0 Å². The number of esters is 2. The topological polar surface area (TPSA) is 52.6 Å². The minimum Gasteiger partial charge on any atom is -0.461 e. The van der Waals surface area contributed by atoms with Crippen molar-refractivity contribution in [2.45, 2.75) is 40.0 Å². The van der Waals surface area contributed by atoms with E-state index in [-0.39, 0.29) is 11.9 Å². The molecule has 0 aliphatic rings. The standard InChI is InChI=1S/C11H21O4P/c1-4-5-6-7-16(8-14-10(2)12)9-15-11(3)13/h4-9H2,1-3H3. The molecule has 0 amide bonds. The zero-order valence-corrected chi connectivity index (χ0v) is 11.2. The molecule has 0 aromatic heterocycles. The maximum absolute atomic E-state index is 10.7. The van der Waals surface area contributed by atoms with E-state index in [0.29, 0.717) is 12.7 Å². The van der Waals surface area contributed by atoms with Crippen molar-refractivity contribution in [3.05, 3.63) is 0 Å². The molecule has 0 aliphatic carbocycles. The third kappa shape index (κ3) is 9.91. The van der Waals surface area contributed by atoms with Crippen LogP contribution in [0.3, 0.4) is 0 Å². The van der Waals surface area contributed by atoms with Crippen molar-refractivity contribution in [2.24, 2.45) is 0 Å². The highest BCUT2D eigenvalue weighted by atomic mass is 31.1. The second-order valence-corrected chi connectivity index (χ2v) is 5.94. The van der Waals surface area contributed by atoms with Gasteiger partial charge < -0.3 is 9.47 Å². The fourth-order valence-electron chi connectivity index (χ4n) is 1.12. The Kier molecular flexibility index (Phi) is 9.21. The van der Waals surface area contributed by atoms with E-state index in [2.05, 4.69) is 6.92 Å². The number of ether oxygens (including phenoxy) is 2. The minimum absolute atomic E-state index is 0.272. The molecular weight excluding hydrogens is 227 g/mol. The Bertz CT molecular complexity index is 200. The maximum Gasteiger partial charge on any atom is 0.302 e. The van der Waals surface area contributed by atoms with Crippen LogP contribution in [-0.4, -0.2) is 30.8 Å². The number of rotatable bonds is 8. The van der Waals surface area contributed by atoms with Gasteiger partial charge in [0, 0.05) is 13.8 Å². The first-order valence-corrected chi connectivity index (χ1v) is 7.45. The van der Waals surface area contributed by atoms with Gasteiger partial charge in [-0.15, -0.1) is 0 Å². The van der Waals surface area contributed by atoms with Crippen LogP contribution in [0.2, 0.25) is 0 Å². The Morgan fingerprint density at radius 2 is 1.50 bits per heavy atom. The molecule has 94 valence electrons. The molecule has 0 heterocycles. The Balaban J connectivity index is 3.84. The highest BCUT2D eigenvalue weighted by Gasteiger charge is 2.11. The van der Waals surface area contributed by atoms with E-state index >= 15 is 0 Å². The third-order valence-corrected chi connectivity index (χ3v) is 3.92. The summed E-state index contributed by atoms with van der Waals surface area (Å²) in [5.74, 6) is -0.545. The Morgan fingerprint density at radius 1 is 1.00 bits per heavy atom. The van der Waals surface area contributed by atoms with E-state index in [1.807, 2.05) is 0 Å². The van der Waals surface area contributed by atoms with Crippen LogP contribution in [0, 0.1) is 0 Å². The lowest BCUT2D eigenvalue weighted by atomic mass is 10.3. The molecule has 0 aromatic rings. The summed E-state index contributed by atoms with van der Waals surface area (Å²) in [6, 6.07) is 0. The summed E-state index contributed by atoms with van der Waals surface area (Å²) >= 11 is 0. The summed E-state index contributed by atoms with van der Waals surface area (Å²) in [6.07, 6.45) is 5.22. The zero-order valence-electron chi connectivity index (χ0n) is 10.3. The number of carbonyl (C=O) groups is 2. The predicted octanol–water partition coefficient (Wildman–Crippen LogP) is 2.70. The average Bonchev–Trinajstić information content (AvgIpc) is 2.21. The second kappa shape index (κ2) is 9.59. The molecule has 0 radical (unpaired) electrons. The average molecular weight is 248 g/mol. The molecule has 0 aliphatic heterocycles. The first kappa shape index (κ1) is 15.4. The van der Waals surface area contributed by atoms with Gasteiger partial charge >= 0.3 is 11.9 Å². The second-order valence-electron chi connectivity index (χ2n) is 3.63. The van der Waals surface area contributed by atoms with Gasteiger partial charge in [-0.3, -0.25) is 9.59 Å². The molecule has 0 saturated heterocycles. The van der Waals surface area contributed by atoms with Gasteiger partial charge in [0.05, 0.1) is 0 Å². The van der Waals surface area contributed by atoms with E-state index in [9.17, 15) is 9.59 Å². The van der Waals surface area contributed by atoms with Crippen molar-refractivity contribution >= 4 is 19.9 Å². The van der Waals surface area contributed by atoms with Crippen molar-refractivity contribution in [2.75, 3.05) is 18.9 Å². The SMILES string of the molecule is CCCCCP(COC(C)=O)COC(C)=O. The molecule has 0 spiro atoms. The van der Waals surface area contributed by atoms with Crippen molar-refractivity contribution in [3.8, 4) is 0 Å². The third-order valence-electron chi connectivity index (χ3n) is 1.98. The molecule has 0 unspecified atom stereocenters. The van der Waals surface area contributed by atoms with Crippen LogP contribution in [-0.2, 0) is 19.1 Å². The van der Waals surface area contributed by atoms with E-state index < -0.39 is 7.92 Å². The number of hydrogen-bond acceptors (Lipinski definition) is 4. The van der Waals surface area contributed by atoms with E-state index in [1.165, 1.54) is 20.3 Å². The number of unbranched alkanes of at least 4 members (excludes halogenated alkanes) is 2. The van der Waals surface area contributed by atoms with E-state index in [0.717, 1.165) is 19.0 Å². The van der Waals surface area contributed by atoms with Gasteiger partial charge in [-0.1, -0.05) is 19.8 Å². The van der Waals surface area contributed by atoms with Gasteiger partial charge in [0.2, 0.25) is 0 Å². The summed E-state index contributed by atoms with van der Waals surface area (Å²) in [6.45, 7) is 4.93. The van der Waals surface area contributed by atoms with Crippen LogP contribution in [0.15, 0.2) is 0 Å². The summed E-state index contributed by atoms with van der Waals surface area (Å²) in [7, 11) is -0.523. The van der Waals surface area contributed by atoms with Gasteiger partial charge in [-0.25, -0.2) is 0 Å². The zero-order chi connectivity index (χ0) is 12.4. The molecule has 0 fully saturated rings. The molecule has 0 aromatic carbocycles. The molecule has 0 N–H and O–H groups in total. The highest BCUT2D eigenvalue weighted by Crippen LogP contribution is 2.36. The molecule has 5 heteroatoms. The van der Waals surface area contributed by atoms with Crippen molar-refractivity contribution in [1.82, 2.24) is 0 Å². The van der Waals surface area contributed by atoms with Gasteiger partial charge in [0.25, 0.3) is 0 Å². The molecule has 4 nitrogen and oxygen atoms in total. The van der Waals surface area contributed by atoms with Crippen LogP contribution in [0.25, 0.3) is 0 Å². The first-order chi connectivity index (χ1) is 7.56. The lowest BCUT2D eigenvalue weighted by Gasteiger charge is -2.16. The van der Waals surface area contributed by atoms with Gasteiger partial charge in [-0.2, -0.15) is 0 Å². The molecule has 16 heavy (non-hydrogen) atoms. The van der Waals surface area contributed by atoms with Gasteiger partial charge in [0.15, 0.2) is 0 Å². The normalized spacial score (nSPS) is 10.2. The Labute approximate surface area is 98.4 Å². The molecule has 0 bridgehead atoms. The highest BCUT2D eigenvalue weighted by molar-refractivity contribution is 7.57. The Morgan fingerprint density at radius 3 is 1.88 bits per heavy atom. The van der Waals surface area contributed by atoms with Crippen molar-refractivity contribution in [3.63, 3.8) is 0 Å². The fraction of sp³-hybridized carbons (Fsp3) is 0.818. The summed E-state index contributed by atoms with van der Waals surface area (Å²) in [5, 5.41) is 0. The lowest BCUT2D eigenvalue weighted by molar-refractivity contribution is -0.138. The monoisotopic (exact) mass is 248 g/mol. The molecule has 0 rings (SSSR count). The number of carbonyl (C=O) groups excluding carboxylic acids is 2. The minimum atomic E-state index is -0.523. The van der Waals surface area contributed by atoms with Crippen LogP contribution in [0.5, 0.6) is 0 Å². The van der Waals surface area contributed by atoms with Crippen molar-refractivity contribution < 1.29 is 19.1 Å². The Hall–Kier alpha value is -0.630. The number of hydrogen-bond donors (Lipinski definition) is 0. The largest absolute Gasteiger partial charge is 0.461 e. The van der Waals surface area contributed by atoms with Crippen LogP contribution >= 0.6 is 7.92 Å². The smallest absolute Gasteiger partial charge is 0.302 e. The summed E-state index contributed by atoms with van der Waals surface area (Å²) in [5.41, 5.74) is 0. The predicted molar refractivity (Wildman–Crippen MR) is 64.6 cm³/mol. The van der Waals surface area contributed by atoms with Gasteiger partial charge in [0.1, 0.15) is 12.7 Å². The van der Waals surface area contributed by atoms with Crippen LogP contribution in [0.4, 0.5) is 0 Å². The molecule has 0 saturated carbocycles. The van der Waals surface area contributed by atoms with Gasteiger partial charge in [-0.05, 0) is 20.5 Å². The summed E-state index contributed by atoms with van der Waals surface area (Å²) in [4.78, 5) is 21.4. The maximum atomic E-state index is 10.7. The van der Waals surface area contributed by atoms with E-state index in [4.69, 9.17) is 9.47 Å². The van der Waals surface area contributed by atoms with Crippen molar-refractivity contribution in [1.29, 1.82) is 0 Å². The quantitative estimate of drug-likeness (QED) is 0.376. The fourth-order valence-corrected chi connectivity index (χ4v) is 2.85. The van der Waals surface area contributed by atoms with E-state index in [1.54, 1.807) is 0 Å². The van der Waals surface area contributed by atoms with Crippen LogP contribution in [0.1, 0.15) is 40.0 Å².